The average molecular weight is 297 g/mol. The van der Waals surface area contributed by atoms with E-state index >= 15 is 0 Å². The van der Waals surface area contributed by atoms with Gasteiger partial charge in [-0.25, -0.2) is 0 Å². The predicted octanol–water partition coefficient (Wildman–Crippen LogP) is 2.72. The first-order valence-electron chi connectivity index (χ1n) is 6.86. The van der Waals surface area contributed by atoms with Crippen LogP contribution in [-0.4, -0.2) is 41.3 Å². The summed E-state index contributed by atoms with van der Waals surface area (Å²) >= 11 is 3.87. The Bertz CT molecular complexity index is 380. The van der Waals surface area contributed by atoms with E-state index in [0.717, 1.165) is 17.9 Å². The molecule has 0 aliphatic carbocycles. The number of fused-ring (bicyclic) bond motifs is 1. The molecule has 4 heteroatoms. The van der Waals surface area contributed by atoms with Crippen LogP contribution >= 0.6 is 23.5 Å². The minimum absolute atomic E-state index is 0.264. The molecule has 1 aromatic carbocycles. The van der Waals surface area contributed by atoms with E-state index in [1.807, 2.05) is 23.5 Å². The van der Waals surface area contributed by atoms with Gasteiger partial charge in [-0.1, -0.05) is 24.3 Å². The summed E-state index contributed by atoms with van der Waals surface area (Å²) in [4.78, 5) is 0. The number of aryl methyl sites for hydroxylation is 1. The third kappa shape index (κ3) is 4.42. The number of hydrogen-bond donors (Lipinski definition) is 2. The summed E-state index contributed by atoms with van der Waals surface area (Å²) in [6, 6.07) is 9.61. The van der Waals surface area contributed by atoms with Crippen LogP contribution in [0, 0.1) is 0 Å². The molecular weight excluding hydrogens is 274 g/mol. The second-order valence-electron chi connectivity index (χ2n) is 4.91. The predicted molar refractivity (Wildman–Crippen MR) is 87.2 cm³/mol. The lowest BCUT2D eigenvalue weighted by Gasteiger charge is -2.25. The zero-order valence-electron chi connectivity index (χ0n) is 11.5. The number of thioether (sulfide) groups is 2. The monoisotopic (exact) mass is 297 g/mol. The van der Waals surface area contributed by atoms with Crippen molar-refractivity contribution in [3.63, 3.8) is 0 Å². The fourth-order valence-electron chi connectivity index (χ4n) is 2.57. The summed E-state index contributed by atoms with van der Waals surface area (Å²) in [5.41, 5.74) is 2.94. The summed E-state index contributed by atoms with van der Waals surface area (Å²) in [7, 11) is 0. The van der Waals surface area contributed by atoms with Gasteiger partial charge < -0.3 is 10.4 Å². The van der Waals surface area contributed by atoms with Crippen LogP contribution < -0.4 is 5.32 Å². The van der Waals surface area contributed by atoms with Crippen LogP contribution in [0.5, 0.6) is 0 Å². The molecule has 1 aromatic rings. The Morgan fingerprint density at radius 3 is 3.11 bits per heavy atom. The minimum atomic E-state index is 0.264. The highest BCUT2D eigenvalue weighted by Gasteiger charge is 2.21. The zero-order chi connectivity index (χ0) is 13.5. The zero-order valence-corrected chi connectivity index (χ0v) is 13.1. The summed E-state index contributed by atoms with van der Waals surface area (Å²) in [5, 5.41) is 12.9. The van der Waals surface area contributed by atoms with Gasteiger partial charge in [-0.3, -0.25) is 0 Å². The summed E-state index contributed by atoms with van der Waals surface area (Å²) < 4.78 is 0. The molecule has 19 heavy (non-hydrogen) atoms. The van der Waals surface area contributed by atoms with Crippen molar-refractivity contribution in [1.29, 1.82) is 0 Å². The maximum atomic E-state index is 9.19. The normalized spacial score (nSPS) is 20.6. The van der Waals surface area contributed by atoms with E-state index in [9.17, 15) is 5.11 Å². The highest BCUT2D eigenvalue weighted by molar-refractivity contribution is 7.99. The van der Waals surface area contributed by atoms with Crippen LogP contribution in [0.25, 0.3) is 0 Å². The standard InChI is InChI=1S/C15H23NOS2/c1-18-10-13(6-8-17)16-15-11-19-9-7-12-4-2-3-5-14(12)15/h2-5,13,15-17H,6-11H2,1H3. The van der Waals surface area contributed by atoms with E-state index in [1.165, 1.54) is 23.3 Å². The second-order valence-corrected chi connectivity index (χ2v) is 6.97. The molecule has 0 saturated heterocycles. The molecule has 2 nitrogen and oxygen atoms in total. The van der Waals surface area contributed by atoms with E-state index in [4.69, 9.17) is 0 Å². The Morgan fingerprint density at radius 1 is 1.47 bits per heavy atom. The van der Waals surface area contributed by atoms with Crippen molar-refractivity contribution >= 4 is 23.5 Å². The van der Waals surface area contributed by atoms with Gasteiger partial charge in [0.05, 0.1) is 0 Å². The summed E-state index contributed by atoms with van der Waals surface area (Å²) in [6.45, 7) is 0.264. The molecule has 0 amide bonds. The third-order valence-electron chi connectivity index (χ3n) is 3.51. The number of aliphatic hydroxyl groups excluding tert-OH is 1. The molecule has 2 unspecified atom stereocenters. The Labute approximate surface area is 124 Å². The number of benzene rings is 1. The van der Waals surface area contributed by atoms with Crippen molar-refractivity contribution in [3.05, 3.63) is 35.4 Å². The third-order valence-corrected chi connectivity index (χ3v) is 5.31. The van der Waals surface area contributed by atoms with Gasteiger partial charge in [-0.15, -0.1) is 0 Å². The van der Waals surface area contributed by atoms with Crippen molar-refractivity contribution in [2.24, 2.45) is 0 Å². The number of rotatable bonds is 6. The quantitative estimate of drug-likeness (QED) is 0.845. The van der Waals surface area contributed by atoms with Crippen LogP contribution in [0.15, 0.2) is 24.3 Å². The molecule has 2 atom stereocenters. The number of aliphatic hydroxyl groups is 1. The largest absolute Gasteiger partial charge is 0.396 e. The Balaban J connectivity index is 2.10. The van der Waals surface area contributed by atoms with Gasteiger partial charge in [-0.2, -0.15) is 23.5 Å². The molecular formula is C15H23NOS2. The second kappa shape index (κ2) is 8.20. The highest BCUT2D eigenvalue weighted by atomic mass is 32.2. The van der Waals surface area contributed by atoms with Gasteiger partial charge >= 0.3 is 0 Å². The first-order chi connectivity index (χ1) is 9.35. The molecule has 2 rings (SSSR count). The molecule has 0 bridgehead atoms. The van der Waals surface area contributed by atoms with Crippen LogP contribution in [0.3, 0.4) is 0 Å². The van der Waals surface area contributed by atoms with E-state index < -0.39 is 0 Å². The Kier molecular flexibility index (Phi) is 6.57. The van der Waals surface area contributed by atoms with E-state index in [2.05, 4.69) is 35.8 Å². The van der Waals surface area contributed by atoms with Gasteiger partial charge in [0.15, 0.2) is 0 Å². The molecule has 2 N–H and O–H groups in total. The average Bonchev–Trinajstić information content (AvgIpc) is 2.62. The molecule has 0 spiro atoms. The Morgan fingerprint density at radius 2 is 2.32 bits per heavy atom. The molecule has 0 aromatic heterocycles. The van der Waals surface area contributed by atoms with Crippen molar-refractivity contribution in [1.82, 2.24) is 5.32 Å². The molecule has 1 aliphatic rings. The van der Waals surface area contributed by atoms with Crippen LogP contribution in [-0.2, 0) is 6.42 Å². The van der Waals surface area contributed by atoms with Gasteiger partial charge in [0.25, 0.3) is 0 Å². The molecule has 0 fully saturated rings. The number of nitrogens with one attached hydrogen (secondary N) is 1. The lowest BCUT2D eigenvalue weighted by atomic mass is 9.99. The van der Waals surface area contributed by atoms with Crippen LogP contribution in [0.4, 0.5) is 0 Å². The molecule has 0 radical (unpaired) electrons. The Hall–Kier alpha value is -0.160. The van der Waals surface area contributed by atoms with Crippen LogP contribution in [0.1, 0.15) is 23.6 Å². The molecule has 1 heterocycles. The van der Waals surface area contributed by atoms with E-state index in [0.29, 0.717) is 12.1 Å². The fourth-order valence-corrected chi connectivity index (χ4v) is 4.28. The minimum Gasteiger partial charge on any atom is -0.396 e. The topological polar surface area (TPSA) is 32.3 Å². The van der Waals surface area contributed by atoms with Gasteiger partial charge in [0.1, 0.15) is 0 Å². The first kappa shape index (κ1) is 15.2. The summed E-state index contributed by atoms with van der Waals surface area (Å²) in [5.74, 6) is 3.40. The van der Waals surface area contributed by atoms with Gasteiger partial charge in [0, 0.05) is 30.2 Å². The smallest absolute Gasteiger partial charge is 0.0446 e. The van der Waals surface area contributed by atoms with E-state index in [1.54, 1.807) is 0 Å². The van der Waals surface area contributed by atoms with Crippen molar-refractivity contribution in [2.75, 3.05) is 30.1 Å². The molecule has 106 valence electrons. The van der Waals surface area contributed by atoms with Gasteiger partial charge in [-0.05, 0) is 36.0 Å². The molecule has 0 saturated carbocycles. The lowest BCUT2D eigenvalue weighted by molar-refractivity contribution is 0.266. The maximum Gasteiger partial charge on any atom is 0.0446 e. The molecule has 1 aliphatic heterocycles. The number of hydrogen-bond acceptors (Lipinski definition) is 4. The highest BCUT2D eigenvalue weighted by Crippen LogP contribution is 2.28. The van der Waals surface area contributed by atoms with Gasteiger partial charge in [0.2, 0.25) is 0 Å². The lowest BCUT2D eigenvalue weighted by Crippen LogP contribution is -2.36. The van der Waals surface area contributed by atoms with Crippen molar-refractivity contribution in [3.8, 4) is 0 Å². The first-order valence-corrected chi connectivity index (χ1v) is 9.41. The maximum absolute atomic E-state index is 9.19. The summed E-state index contributed by atoms with van der Waals surface area (Å²) in [6.07, 6.45) is 4.14. The van der Waals surface area contributed by atoms with Crippen molar-refractivity contribution in [2.45, 2.75) is 24.9 Å². The van der Waals surface area contributed by atoms with Crippen LogP contribution in [0.2, 0.25) is 0 Å². The van der Waals surface area contributed by atoms with E-state index in [-0.39, 0.29) is 6.61 Å². The SMILES string of the molecule is CSCC(CCO)NC1CSCCc2ccccc21. The fraction of sp³-hybridized carbons (Fsp3) is 0.600. The van der Waals surface area contributed by atoms with Crippen molar-refractivity contribution < 1.29 is 5.11 Å².